The van der Waals surface area contributed by atoms with Gasteiger partial charge >= 0.3 is 6.18 Å². The van der Waals surface area contributed by atoms with E-state index >= 15 is 0 Å². The van der Waals surface area contributed by atoms with E-state index in [4.69, 9.17) is 0 Å². The molecule has 0 saturated heterocycles. The fraction of sp³-hybridized carbons (Fsp3) is 0.400. The van der Waals surface area contributed by atoms with Crippen LogP contribution in [0.15, 0.2) is 40.0 Å². The van der Waals surface area contributed by atoms with Crippen LogP contribution < -0.4 is 10.9 Å². The molecule has 1 aliphatic rings. The molecular weight excluding hydrogens is 389 g/mol. The van der Waals surface area contributed by atoms with Gasteiger partial charge in [-0.2, -0.15) is 13.2 Å². The maximum Gasteiger partial charge on any atom is 0.431 e. The number of aromatic amines is 1. The predicted molar refractivity (Wildman–Crippen MR) is 103 cm³/mol. The molecule has 1 aliphatic heterocycles. The minimum Gasteiger partial charge on any atom is -0.345 e. The molecule has 0 fully saturated rings. The van der Waals surface area contributed by atoms with E-state index in [1.54, 1.807) is 16.7 Å². The van der Waals surface area contributed by atoms with Gasteiger partial charge in [-0.3, -0.25) is 9.59 Å². The monoisotopic (exact) mass is 410 g/mol. The minimum absolute atomic E-state index is 0.290. The highest BCUT2D eigenvalue weighted by Crippen LogP contribution is 2.42. The molecule has 2 N–H and O–H groups in total. The van der Waals surface area contributed by atoms with Crippen molar-refractivity contribution in [3.63, 3.8) is 0 Å². The van der Waals surface area contributed by atoms with Gasteiger partial charge in [0.1, 0.15) is 11.3 Å². The van der Waals surface area contributed by atoms with Crippen molar-refractivity contribution in [1.29, 1.82) is 0 Å². The van der Waals surface area contributed by atoms with Crippen LogP contribution >= 0.6 is 11.8 Å². The van der Waals surface area contributed by atoms with Crippen LogP contribution in [0.25, 0.3) is 0 Å². The molecule has 0 radical (unpaired) electrons. The Hall–Kier alpha value is -2.22. The number of amides is 1. The number of H-pyrrole nitrogens is 1. The Bertz CT molecular complexity index is 940. The van der Waals surface area contributed by atoms with Crippen LogP contribution in [-0.2, 0) is 6.18 Å². The molecule has 2 unspecified atom stereocenters. The summed E-state index contributed by atoms with van der Waals surface area (Å²) in [6, 6.07) is 7.40. The van der Waals surface area contributed by atoms with Gasteiger partial charge in [-0.05, 0) is 43.5 Å². The number of pyridine rings is 1. The maximum atomic E-state index is 12.7. The van der Waals surface area contributed by atoms with Gasteiger partial charge in [0.15, 0.2) is 0 Å². The van der Waals surface area contributed by atoms with E-state index in [9.17, 15) is 22.8 Å². The van der Waals surface area contributed by atoms with E-state index in [0.29, 0.717) is 17.7 Å². The third-order valence-electron chi connectivity index (χ3n) is 4.71. The fourth-order valence-electron chi connectivity index (χ4n) is 3.35. The van der Waals surface area contributed by atoms with E-state index in [1.807, 2.05) is 25.1 Å². The van der Waals surface area contributed by atoms with Crippen LogP contribution in [0.3, 0.4) is 0 Å². The Kier molecular flexibility index (Phi) is 5.88. The van der Waals surface area contributed by atoms with Crippen molar-refractivity contribution in [3.05, 3.63) is 63.1 Å². The van der Waals surface area contributed by atoms with E-state index in [-0.39, 0.29) is 11.6 Å². The second-order valence-corrected chi connectivity index (χ2v) is 8.29. The molecule has 0 aliphatic carbocycles. The number of thioether (sulfide) groups is 1. The number of rotatable bonds is 4. The molecule has 28 heavy (non-hydrogen) atoms. The first-order valence-electron chi connectivity index (χ1n) is 9.07. The zero-order valence-electron chi connectivity index (χ0n) is 15.5. The number of hydrogen-bond donors (Lipinski definition) is 2. The number of benzene rings is 1. The van der Waals surface area contributed by atoms with Crippen molar-refractivity contribution < 1.29 is 18.0 Å². The second kappa shape index (κ2) is 8.03. The van der Waals surface area contributed by atoms with Crippen LogP contribution in [0.4, 0.5) is 13.2 Å². The maximum absolute atomic E-state index is 12.7. The van der Waals surface area contributed by atoms with Gasteiger partial charge in [-0.25, -0.2) is 0 Å². The van der Waals surface area contributed by atoms with Crippen LogP contribution in [0.2, 0.25) is 0 Å². The summed E-state index contributed by atoms with van der Waals surface area (Å²) in [7, 11) is 0. The highest BCUT2D eigenvalue weighted by atomic mass is 32.2. The first kappa shape index (κ1) is 20.5. The predicted octanol–water partition coefficient (Wildman–Crippen LogP) is 4.84. The summed E-state index contributed by atoms with van der Waals surface area (Å²) in [5.74, 6) is -0.672. The van der Waals surface area contributed by atoms with Crippen LogP contribution in [0, 0.1) is 6.92 Å². The largest absolute Gasteiger partial charge is 0.431 e. The Morgan fingerprint density at radius 3 is 2.68 bits per heavy atom. The molecule has 8 heteroatoms. The number of aromatic nitrogens is 1. The number of fused-ring (bicyclic) bond motifs is 1. The molecule has 0 saturated carbocycles. The summed E-state index contributed by atoms with van der Waals surface area (Å²) < 4.78 is 38.2. The SMILES string of the molecule is CCCC1CC(NC(=O)c2ccc(C(F)(F)F)[nH]c2=O)c2cc(C)ccc2S1. The molecule has 1 aromatic heterocycles. The average Bonchev–Trinajstić information content (AvgIpc) is 2.61. The lowest BCUT2D eigenvalue weighted by molar-refractivity contribution is -0.141. The Morgan fingerprint density at radius 1 is 1.29 bits per heavy atom. The van der Waals surface area contributed by atoms with E-state index in [2.05, 4.69) is 12.2 Å². The highest BCUT2D eigenvalue weighted by molar-refractivity contribution is 8.00. The summed E-state index contributed by atoms with van der Waals surface area (Å²) in [6.07, 6.45) is -1.96. The number of carbonyl (C=O) groups excluding carboxylic acids is 1. The van der Waals surface area contributed by atoms with Gasteiger partial charge in [0, 0.05) is 10.1 Å². The standard InChI is InChI=1S/C20H21F3N2O2S/c1-3-4-12-10-15(14-9-11(2)5-7-16(14)28-12)24-18(26)13-6-8-17(20(21,22)23)25-19(13)27/h5-9,12,15H,3-4,10H2,1-2H3,(H,24,26)(H,25,27). The van der Waals surface area contributed by atoms with Crippen molar-refractivity contribution in [2.24, 2.45) is 0 Å². The number of halogens is 3. The summed E-state index contributed by atoms with van der Waals surface area (Å²) in [5, 5.41) is 3.18. The summed E-state index contributed by atoms with van der Waals surface area (Å²) in [5.41, 5.74) is -0.513. The Labute approximate surface area is 164 Å². The topological polar surface area (TPSA) is 62.0 Å². The normalized spacial score (nSPS) is 19.2. The first-order chi connectivity index (χ1) is 13.2. The lowest BCUT2D eigenvalue weighted by Crippen LogP contribution is -2.36. The summed E-state index contributed by atoms with van der Waals surface area (Å²) in [4.78, 5) is 27.5. The molecule has 1 amide bonds. The zero-order valence-corrected chi connectivity index (χ0v) is 16.3. The van der Waals surface area contributed by atoms with Gasteiger partial charge < -0.3 is 10.3 Å². The Balaban J connectivity index is 1.87. The van der Waals surface area contributed by atoms with Crippen molar-refractivity contribution in [3.8, 4) is 0 Å². The van der Waals surface area contributed by atoms with E-state index < -0.39 is 23.3 Å². The molecule has 2 aromatic rings. The molecule has 0 spiro atoms. The summed E-state index contributed by atoms with van der Waals surface area (Å²) >= 11 is 1.78. The second-order valence-electron chi connectivity index (χ2n) is 6.94. The summed E-state index contributed by atoms with van der Waals surface area (Å²) in [6.45, 7) is 4.06. The Morgan fingerprint density at radius 2 is 2.04 bits per heavy atom. The van der Waals surface area contributed by atoms with Crippen molar-refractivity contribution >= 4 is 17.7 Å². The first-order valence-corrected chi connectivity index (χ1v) is 9.95. The highest BCUT2D eigenvalue weighted by Gasteiger charge is 2.33. The quantitative estimate of drug-likeness (QED) is 0.758. The van der Waals surface area contributed by atoms with Gasteiger partial charge in [0.05, 0.1) is 6.04 Å². The fourth-order valence-corrected chi connectivity index (χ4v) is 4.84. The molecular formula is C20H21F3N2O2S. The lowest BCUT2D eigenvalue weighted by atomic mass is 9.97. The lowest BCUT2D eigenvalue weighted by Gasteiger charge is -2.32. The molecule has 4 nitrogen and oxygen atoms in total. The third-order valence-corrected chi connectivity index (χ3v) is 6.10. The van der Waals surface area contributed by atoms with Crippen molar-refractivity contribution in [2.75, 3.05) is 0 Å². The van der Waals surface area contributed by atoms with E-state index in [0.717, 1.165) is 34.9 Å². The number of aryl methyl sites for hydroxylation is 1. The number of nitrogens with one attached hydrogen (secondary N) is 2. The number of carbonyl (C=O) groups is 1. The molecule has 2 heterocycles. The van der Waals surface area contributed by atoms with Crippen molar-refractivity contribution in [1.82, 2.24) is 10.3 Å². The minimum atomic E-state index is -4.67. The molecule has 0 bridgehead atoms. The van der Waals surface area contributed by atoms with Crippen LogP contribution in [0.5, 0.6) is 0 Å². The van der Waals surface area contributed by atoms with Crippen molar-refractivity contribution in [2.45, 2.75) is 55.5 Å². The zero-order chi connectivity index (χ0) is 20.5. The van der Waals surface area contributed by atoms with Gasteiger partial charge in [-0.1, -0.05) is 31.0 Å². The van der Waals surface area contributed by atoms with Gasteiger partial charge in [-0.15, -0.1) is 11.8 Å². The molecule has 2 atom stereocenters. The number of alkyl halides is 3. The van der Waals surface area contributed by atoms with Crippen LogP contribution in [-0.4, -0.2) is 16.1 Å². The van der Waals surface area contributed by atoms with Gasteiger partial charge in [0.25, 0.3) is 11.5 Å². The van der Waals surface area contributed by atoms with Crippen LogP contribution in [0.1, 0.15) is 59.4 Å². The average molecular weight is 410 g/mol. The molecule has 3 rings (SSSR count). The van der Waals surface area contributed by atoms with E-state index in [1.165, 1.54) is 0 Å². The third kappa shape index (κ3) is 4.43. The van der Waals surface area contributed by atoms with Gasteiger partial charge in [0.2, 0.25) is 0 Å². The smallest absolute Gasteiger partial charge is 0.345 e. The molecule has 1 aromatic carbocycles. The molecule has 150 valence electrons. The number of hydrogen-bond acceptors (Lipinski definition) is 3.